The van der Waals surface area contributed by atoms with Crippen LogP contribution in [0.5, 0.6) is 0 Å². The molecule has 0 aliphatic carbocycles. The number of nitrogens with one attached hydrogen (secondary N) is 1. The number of piperidine rings is 1. The second kappa shape index (κ2) is 6.92. The predicted molar refractivity (Wildman–Crippen MR) is 84.0 cm³/mol. The molecule has 2 heterocycles. The Morgan fingerprint density at radius 3 is 2.68 bits per heavy atom. The van der Waals surface area contributed by atoms with Crippen LogP contribution in [0.25, 0.3) is 0 Å². The van der Waals surface area contributed by atoms with Crippen LogP contribution in [0.15, 0.2) is 24.3 Å². The second-order valence-electron chi connectivity index (χ2n) is 5.94. The molecule has 5 heteroatoms. The van der Waals surface area contributed by atoms with Crippen LogP contribution in [0.4, 0.5) is 5.69 Å². The maximum Gasteiger partial charge on any atom is 0.251 e. The first-order valence-corrected chi connectivity index (χ1v) is 8.03. The Bertz CT molecular complexity index is 535. The Hall–Kier alpha value is -1.88. The molecular formula is C17H22N2O3. The molecule has 2 aliphatic heterocycles. The summed E-state index contributed by atoms with van der Waals surface area (Å²) in [5.74, 6) is 0.0924. The lowest BCUT2D eigenvalue weighted by Crippen LogP contribution is -2.40. The SMILES string of the molecule is O=C(NC1CCCOC1)c1ccc(N2CCCCC2=O)cc1. The Kier molecular flexibility index (Phi) is 4.73. The van der Waals surface area contributed by atoms with Crippen LogP contribution >= 0.6 is 0 Å². The van der Waals surface area contributed by atoms with E-state index in [0.717, 1.165) is 44.5 Å². The zero-order valence-electron chi connectivity index (χ0n) is 12.7. The van der Waals surface area contributed by atoms with Gasteiger partial charge in [0.2, 0.25) is 5.91 Å². The van der Waals surface area contributed by atoms with Gasteiger partial charge in [0.05, 0.1) is 12.6 Å². The van der Waals surface area contributed by atoms with Crippen molar-refractivity contribution in [3.8, 4) is 0 Å². The van der Waals surface area contributed by atoms with Crippen molar-refractivity contribution >= 4 is 17.5 Å². The molecule has 1 unspecified atom stereocenters. The molecule has 0 aromatic heterocycles. The van der Waals surface area contributed by atoms with Crippen molar-refractivity contribution < 1.29 is 14.3 Å². The van der Waals surface area contributed by atoms with E-state index in [-0.39, 0.29) is 17.9 Å². The van der Waals surface area contributed by atoms with Gasteiger partial charge in [-0.3, -0.25) is 9.59 Å². The molecular weight excluding hydrogens is 280 g/mol. The normalized spacial score (nSPS) is 22.5. The van der Waals surface area contributed by atoms with Gasteiger partial charge in [-0.25, -0.2) is 0 Å². The maximum atomic E-state index is 12.2. The van der Waals surface area contributed by atoms with E-state index in [0.29, 0.717) is 18.6 Å². The zero-order valence-corrected chi connectivity index (χ0v) is 12.7. The molecule has 0 spiro atoms. The standard InChI is InChI=1S/C17H22N2O3/c20-16-5-1-2-10-19(16)15-8-6-13(7-9-15)17(21)18-14-4-3-11-22-12-14/h6-9,14H,1-5,10-12H2,(H,18,21). The fourth-order valence-electron chi connectivity index (χ4n) is 2.99. The van der Waals surface area contributed by atoms with Crippen molar-refractivity contribution in [2.75, 3.05) is 24.7 Å². The number of anilines is 1. The summed E-state index contributed by atoms with van der Waals surface area (Å²) in [5.41, 5.74) is 1.50. The molecule has 0 saturated carbocycles. The Balaban J connectivity index is 1.63. The van der Waals surface area contributed by atoms with Gasteiger partial charge in [0.25, 0.3) is 5.91 Å². The lowest BCUT2D eigenvalue weighted by Gasteiger charge is -2.27. The van der Waals surface area contributed by atoms with E-state index in [1.807, 2.05) is 12.1 Å². The minimum atomic E-state index is -0.0768. The van der Waals surface area contributed by atoms with Crippen molar-refractivity contribution in [2.45, 2.75) is 38.1 Å². The Morgan fingerprint density at radius 1 is 1.18 bits per heavy atom. The third-order valence-corrected chi connectivity index (χ3v) is 4.26. The molecule has 0 radical (unpaired) electrons. The monoisotopic (exact) mass is 302 g/mol. The summed E-state index contributed by atoms with van der Waals surface area (Å²) >= 11 is 0. The van der Waals surface area contributed by atoms with Crippen molar-refractivity contribution in [3.05, 3.63) is 29.8 Å². The molecule has 3 rings (SSSR count). The third kappa shape index (κ3) is 3.47. The number of ether oxygens (including phenoxy) is 1. The zero-order chi connectivity index (χ0) is 15.4. The molecule has 5 nitrogen and oxygen atoms in total. The summed E-state index contributed by atoms with van der Waals surface area (Å²) in [6, 6.07) is 7.39. The largest absolute Gasteiger partial charge is 0.379 e. The molecule has 1 atom stereocenters. The lowest BCUT2D eigenvalue weighted by molar-refractivity contribution is -0.119. The molecule has 2 aliphatic rings. The van der Waals surface area contributed by atoms with Crippen LogP contribution in [0.2, 0.25) is 0 Å². The first kappa shape index (κ1) is 15.0. The summed E-state index contributed by atoms with van der Waals surface area (Å²) in [7, 11) is 0. The minimum absolute atomic E-state index is 0.0768. The second-order valence-corrected chi connectivity index (χ2v) is 5.94. The third-order valence-electron chi connectivity index (χ3n) is 4.26. The topological polar surface area (TPSA) is 58.6 Å². The van der Waals surface area contributed by atoms with Gasteiger partial charge in [-0.15, -0.1) is 0 Å². The van der Waals surface area contributed by atoms with E-state index in [1.54, 1.807) is 17.0 Å². The smallest absolute Gasteiger partial charge is 0.251 e. The van der Waals surface area contributed by atoms with Gasteiger partial charge in [-0.2, -0.15) is 0 Å². The van der Waals surface area contributed by atoms with E-state index >= 15 is 0 Å². The Labute approximate surface area is 130 Å². The van der Waals surface area contributed by atoms with Crippen LogP contribution in [-0.4, -0.2) is 37.6 Å². The Morgan fingerprint density at radius 2 is 2.00 bits per heavy atom. The van der Waals surface area contributed by atoms with Gasteiger partial charge in [0.1, 0.15) is 0 Å². The summed E-state index contributed by atoms with van der Waals surface area (Å²) < 4.78 is 5.37. The highest BCUT2D eigenvalue weighted by Gasteiger charge is 2.20. The van der Waals surface area contributed by atoms with Gasteiger partial charge in [0.15, 0.2) is 0 Å². The molecule has 2 amide bonds. The highest BCUT2D eigenvalue weighted by atomic mass is 16.5. The highest BCUT2D eigenvalue weighted by molar-refractivity contribution is 5.97. The number of carbonyl (C=O) groups is 2. The van der Waals surface area contributed by atoms with Crippen molar-refractivity contribution in [1.29, 1.82) is 0 Å². The van der Waals surface area contributed by atoms with E-state index in [2.05, 4.69) is 5.32 Å². The highest BCUT2D eigenvalue weighted by Crippen LogP contribution is 2.21. The maximum absolute atomic E-state index is 12.2. The predicted octanol–water partition coefficient (Wildman–Crippen LogP) is 2.11. The van der Waals surface area contributed by atoms with Crippen molar-refractivity contribution in [3.63, 3.8) is 0 Å². The number of rotatable bonds is 3. The summed E-state index contributed by atoms with van der Waals surface area (Å²) in [6.45, 7) is 2.14. The average molecular weight is 302 g/mol. The van der Waals surface area contributed by atoms with E-state index in [4.69, 9.17) is 4.74 Å². The first-order chi connectivity index (χ1) is 10.7. The van der Waals surface area contributed by atoms with Crippen LogP contribution in [0.1, 0.15) is 42.5 Å². The first-order valence-electron chi connectivity index (χ1n) is 8.03. The number of hydrogen-bond acceptors (Lipinski definition) is 3. The summed E-state index contributed by atoms with van der Waals surface area (Å²) in [5, 5.41) is 3.00. The van der Waals surface area contributed by atoms with Crippen LogP contribution < -0.4 is 10.2 Å². The van der Waals surface area contributed by atoms with Crippen molar-refractivity contribution in [2.24, 2.45) is 0 Å². The van der Waals surface area contributed by atoms with Gasteiger partial charge < -0.3 is 15.0 Å². The molecule has 1 aromatic rings. The molecule has 1 aromatic carbocycles. The average Bonchev–Trinajstić information content (AvgIpc) is 2.56. The number of benzene rings is 1. The fourth-order valence-corrected chi connectivity index (χ4v) is 2.99. The molecule has 22 heavy (non-hydrogen) atoms. The van der Waals surface area contributed by atoms with Crippen molar-refractivity contribution in [1.82, 2.24) is 5.32 Å². The summed E-state index contributed by atoms with van der Waals surface area (Å²) in [4.78, 5) is 25.9. The van der Waals surface area contributed by atoms with Gasteiger partial charge in [0, 0.05) is 30.8 Å². The number of carbonyl (C=O) groups excluding carboxylic acids is 2. The minimum Gasteiger partial charge on any atom is -0.379 e. The lowest BCUT2D eigenvalue weighted by atomic mass is 10.1. The van der Waals surface area contributed by atoms with Gasteiger partial charge >= 0.3 is 0 Å². The van der Waals surface area contributed by atoms with E-state index < -0.39 is 0 Å². The van der Waals surface area contributed by atoms with Crippen LogP contribution in [0, 0.1) is 0 Å². The van der Waals surface area contributed by atoms with Crippen LogP contribution in [-0.2, 0) is 9.53 Å². The number of nitrogens with zero attached hydrogens (tertiary/aromatic N) is 1. The number of amides is 2. The van der Waals surface area contributed by atoms with Gasteiger partial charge in [-0.1, -0.05) is 0 Å². The molecule has 2 saturated heterocycles. The molecule has 118 valence electrons. The van der Waals surface area contributed by atoms with Crippen LogP contribution in [0.3, 0.4) is 0 Å². The van der Waals surface area contributed by atoms with Gasteiger partial charge in [-0.05, 0) is 49.9 Å². The molecule has 1 N–H and O–H groups in total. The molecule has 0 bridgehead atoms. The summed E-state index contributed by atoms with van der Waals surface area (Å²) in [6.07, 6.45) is 4.58. The van der Waals surface area contributed by atoms with E-state index in [1.165, 1.54) is 0 Å². The fraction of sp³-hybridized carbons (Fsp3) is 0.529. The quantitative estimate of drug-likeness (QED) is 0.930. The number of hydrogen-bond donors (Lipinski definition) is 1. The molecule has 2 fully saturated rings. The van der Waals surface area contributed by atoms with E-state index in [9.17, 15) is 9.59 Å².